The maximum atomic E-state index is 15.4. The Bertz CT molecular complexity index is 2360. The van der Waals surface area contributed by atoms with Gasteiger partial charge in [0.15, 0.2) is 5.60 Å². The highest BCUT2D eigenvalue weighted by atomic mass is 28.3. The van der Waals surface area contributed by atoms with Gasteiger partial charge >= 0.3 is 0 Å². The van der Waals surface area contributed by atoms with Crippen LogP contribution < -0.4 is 19.7 Å². The minimum Gasteiger partial charge on any atom is -0.497 e. The Kier molecular flexibility index (Phi) is 10.9. The molecular formula is C47H49N5O5Si. The molecule has 1 spiro atoms. The number of benzene rings is 5. The van der Waals surface area contributed by atoms with Crippen LogP contribution >= 0.6 is 0 Å². The van der Waals surface area contributed by atoms with Crippen LogP contribution in [0, 0.1) is 5.92 Å². The lowest BCUT2D eigenvalue weighted by Gasteiger charge is -2.37. The topological polar surface area (TPSA) is 110 Å². The lowest BCUT2D eigenvalue weighted by atomic mass is 9.82. The molecule has 296 valence electrons. The molecule has 58 heavy (non-hydrogen) atoms. The van der Waals surface area contributed by atoms with Crippen molar-refractivity contribution in [3.8, 4) is 5.75 Å². The van der Waals surface area contributed by atoms with Crippen LogP contribution in [0.4, 0.5) is 17.1 Å². The quantitative estimate of drug-likeness (QED) is 0.0897. The standard InChI is InChI=1S/C47H49N5O5Si/c1-33-45(58(3,4)39-23-21-38(56-2)22-24-39)44(26-27-50-30-42(48-49-50)40(31-53)35-16-10-6-11-17-35)57-47(33)41-28-37(52(32-54)36-18-12-7-13-19-36)20-25-43(41)51(46(47)55)29-34-14-8-5-9-15-34/h5-25,28,30,32-33,40,44-45,53H,26-27,29,31H2,1-4H3/t33-,40?,44+,45-,47+/m1/s1. The number of hydrogen-bond acceptors (Lipinski definition) is 7. The number of amides is 2. The highest BCUT2D eigenvalue weighted by Crippen LogP contribution is 2.60. The van der Waals surface area contributed by atoms with Crippen LogP contribution in [0.2, 0.25) is 18.6 Å². The van der Waals surface area contributed by atoms with E-state index in [9.17, 15) is 9.90 Å². The van der Waals surface area contributed by atoms with Crippen molar-refractivity contribution in [3.05, 3.63) is 162 Å². The summed E-state index contributed by atoms with van der Waals surface area (Å²) in [6.07, 6.45) is 2.97. The van der Waals surface area contributed by atoms with Crippen molar-refractivity contribution in [2.45, 2.75) is 62.7 Å². The second kappa shape index (κ2) is 16.2. The van der Waals surface area contributed by atoms with Gasteiger partial charge in [-0.15, -0.1) is 5.10 Å². The van der Waals surface area contributed by atoms with Crippen LogP contribution in [0.5, 0.6) is 5.75 Å². The van der Waals surface area contributed by atoms with Gasteiger partial charge in [-0.05, 0) is 65.6 Å². The van der Waals surface area contributed by atoms with Crippen LogP contribution in [-0.4, -0.2) is 60.3 Å². The summed E-state index contributed by atoms with van der Waals surface area (Å²) in [6.45, 7) is 7.70. The number of hydrogen-bond donors (Lipinski definition) is 1. The Morgan fingerprint density at radius 1 is 0.914 bits per heavy atom. The molecule has 2 aliphatic heterocycles. The van der Waals surface area contributed by atoms with Crippen LogP contribution in [-0.2, 0) is 33.0 Å². The number of para-hydroxylation sites is 1. The van der Waals surface area contributed by atoms with E-state index in [2.05, 4.69) is 42.5 Å². The summed E-state index contributed by atoms with van der Waals surface area (Å²) in [7, 11) is -0.769. The number of aliphatic hydroxyl groups is 1. The first kappa shape index (κ1) is 39.0. The van der Waals surface area contributed by atoms with E-state index in [1.807, 2.05) is 137 Å². The molecule has 1 fully saturated rings. The van der Waals surface area contributed by atoms with Crippen LogP contribution in [0.15, 0.2) is 140 Å². The third-order valence-corrected chi connectivity index (χ3v) is 16.7. The molecule has 6 aromatic rings. The predicted molar refractivity (Wildman–Crippen MR) is 228 cm³/mol. The number of ether oxygens (including phenoxy) is 2. The number of fused-ring (bicyclic) bond motifs is 2. The van der Waals surface area contributed by atoms with Crippen LogP contribution in [0.3, 0.4) is 0 Å². The van der Waals surface area contributed by atoms with E-state index in [4.69, 9.17) is 9.47 Å². The molecule has 0 bridgehead atoms. The van der Waals surface area contributed by atoms with Gasteiger partial charge in [-0.3, -0.25) is 19.2 Å². The molecule has 2 aliphatic rings. The largest absolute Gasteiger partial charge is 0.497 e. The van der Waals surface area contributed by atoms with E-state index in [0.29, 0.717) is 30.9 Å². The minimum atomic E-state index is -2.44. The highest BCUT2D eigenvalue weighted by Gasteiger charge is 2.66. The van der Waals surface area contributed by atoms with Gasteiger partial charge in [-0.1, -0.05) is 121 Å². The maximum absolute atomic E-state index is 15.4. The fraction of sp³-hybridized carbons (Fsp3) is 0.277. The smallest absolute Gasteiger partial charge is 0.264 e. The Morgan fingerprint density at radius 3 is 2.24 bits per heavy atom. The van der Waals surface area contributed by atoms with Gasteiger partial charge < -0.3 is 19.5 Å². The van der Waals surface area contributed by atoms with E-state index >= 15 is 4.79 Å². The Balaban J connectivity index is 1.21. The van der Waals surface area contributed by atoms with Gasteiger partial charge in [0.2, 0.25) is 6.41 Å². The first-order valence-corrected chi connectivity index (χ1v) is 23.0. The Morgan fingerprint density at radius 2 is 1.59 bits per heavy atom. The van der Waals surface area contributed by atoms with E-state index < -0.39 is 13.7 Å². The molecule has 2 amide bonds. The molecule has 0 saturated carbocycles. The first-order valence-electron chi connectivity index (χ1n) is 19.9. The van der Waals surface area contributed by atoms with Crippen molar-refractivity contribution in [1.82, 2.24) is 15.0 Å². The Hall–Kier alpha value is -5.88. The summed E-state index contributed by atoms with van der Waals surface area (Å²) < 4.78 is 14.8. The predicted octanol–water partition coefficient (Wildman–Crippen LogP) is 7.56. The van der Waals surface area contributed by atoms with E-state index in [0.717, 1.165) is 40.2 Å². The number of aromatic nitrogens is 3. The molecule has 0 radical (unpaired) electrons. The normalized spacial score (nSPS) is 20.6. The first-order chi connectivity index (χ1) is 28.2. The number of carbonyl (C=O) groups excluding carboxylic acids is 2. The second-order valence-corrected chi connectivity index (χ2v) is 20.6. The van der Waals surface area contributed by atoms with Crippen molar-refractivity contribution in [2.75, 3.05) is 23.5 Å². The second-order valence-electron chi connectivity index (χ2n) is 15.9. The Labute approximate surface area is 340 Å². The highest BCUT2D eigenvalue weighted by molar-refractivity contribution is 6.91. The van der Waals surface area contributed by atoms with Crippen LogP contribution in [0.25, 0.3) is 0 Å². The van der Waals surface area contributed by atoms with Gasteiger partial charge in [-0.2, -0.15) is 0 Å². The third-order valence-electron chi connectivity index (χ3n) is 12.4. The van der Waals surface area contributed by atoms with Crippen molar-refractivity contribution < 1.29 is 24.2 Å². The fourth-order valence-electron chi connectivity index (χ4n) is 9.40. The molecule has 0 aliphatic carbocycles. The molecule has 1 unspecified atom stereocenters. The van der Waals surface area contributed by atoms with Crippen molar-refractivity contribution in [2.24, 2.45) is 5.92 Å². The number of rotatable bonds is 14. The molecular weight excluding hydrogens is 743 g/mol. The summed E-state index contributed by atoms with van der Waals surface area (Å²) >= 11 is 0. The SMILES string of the molecule is COc1ccc([Si](C)(C)[C@H]2[C@H](CCn3cc(C(CO)c4ccccc4)nn3)O[C@@]3(C(=O)N(Cc4ccccc4)c4ccc(N(C=O)c5ccccc5)cc43)[C@@H]2C)cc1. The fourth-order valence-corrected chi connectivity index (χ4v) is 13.5. The van der Waals surface area contributed by atoms with Crippen molar-refractivity contribution in [1.29, 1.82) is 0 Å². The lowest BCUT2D eigenvalue weighted by Crippen LogP contribution is -2.51. The summed E-state index contributed by atoms with van der Waals surface area (Å²) in [4.78, 5) is 31.7. The molecule has 1 aromatic heterocycles. The zero-order valence-electron chi connectivity index (χ0n) is 33.3. The van der Waals surface area contributed by atoms with E-state index in [-0.39, 0.29) is 36.0 Å². The molecule has 1 N–H and O–H groups in total. The van der Waals surface area contributed by atoms with Gasteiger partial charge in [0.25, 0.3) is 5.91 Å². The average Bonchev–Trinajstić information content (AvgIpc) is 3.92. The number of anilines is 3. The summed E-state index contributed by atoms with van der Waals surface area (Å²) in [6, 6.07) is 43.6. The zero-order valence-corrected chi connectivity index (χ0v) is 34.3. The monoisotopic (exact) mass is 791 g/mol. The molecule has 3 heterocycles. The van der Waals surface area contributed by atoms with E-state index in [1.165, 1.54) is 5.19 Å². The third kappa shape index (κ3) is 6.93. The molecule has 5 aromatic carbocycles. The van der Waals surface area contributed by atoms with E-state index in [1.54, 1.807) is 12.0 Å². The number of nitrogens with zero attached hydrogens (tertiary/aromatic N) is 5. The number of carbonyl (C=O) groups is 2. The van der Waals surface area contributed by atoms with Gasteiger partial charge in [0, 0.05) is 35.6 Å². The average molecular weight is 792 g/mol. The molecule has 1 saturated heterocycles. The molecule has 8 rings (SSSR count). The zero-order chi connectivity index (χ0) is 40.4. The molecule has 10 nitrogen and oxygen atoms in total. The molecule has 5 atom stereocenters. The van der Waals surface area contributed by atoms with Gasteiger partial charge in [0.1, 0.15) is 5.75 Å². The maximum Gasteiger partial charge on any atom is 0.264 e. The summed E-state index contributed by atoms with van der Waals surface area (Å²) in [5.74, 6) is 0.151. The lowest BCUT2D eigenvalue weighted by molar-refractivity contribution is -0.146. The molecule has 11 heteroatoms. The number of aliphatic hydroxyl groups excluding tert-OH is 1. The van der Waals surface area contributed by atoms with Crippen molar-refractivity contribution in [3.63, 3.8) is 0 Å². The van der Waals surface area contributed by atoms with Gasteiger partial charge in [0.05, 0.1) is 51.7 Å². The number of methoxy groups -OCH3 is 1. The minimum absolute atomic E-state index is 0.00757. The van der Waals surface area contributed by atoms with Crippen LogP contribution in [0.1, 0.15) is 41.6 Å². The van der Waals surface area contributed by atoms with Crippen molar-refractivity contribution >= 4 is 42.6 Å². The summed E-state index contributed by atoms with van der Waals surface area (Å²) in [5, 5.41) is 20.6. The number of aryl methyl sites for hydroxylation is 1. The summed E-state index contributed by atoms with van der Waals surface area (Å²) in [5.41, 5.74) is 4.27. The van der Waals surface area contributed by atoms with Gasteiger partial charge in [-0.25, -0.2) is 0 Å².